The quantitative estimate of drug-likeness (QED) is 0.752. The first-order valence-corrected chi connectivity index (χ1v) is 5.94. The van der Waals surface area contributed by atoms with E-state index in [-0.39, 0.29) is 11.7 Å². The highest BCUT2D eigenvalue weighted by molar-refractivity contribution is 5.45. The fraction of sp³-hybridized carbons (Fsp3) is 0.571. The van der Waals surface area contributed by atoms with Gasteiger partial charge in [-0.1, -0.05) is 17.7 Å². The van der Waals surface area contributed by atoms with Crippen LogP contribution in [0.15, 0.2) is 18.2 Å². The molecule has 1 aromatic carbocycles. The van der Waals surface area contributed by atoms with Crippen LogP contribution in [0.1, 0.15) is 25.0 Å². The fourth-order valence-electron chi connectivity index (χ4n) is 2.12. The van der Waals surface area contributed by atoms with Crippen LogP contribution in [0.25, 0.3) is 0 Å². The average molecular weight is 236 g/mol. The van der Waals surface area contributed by atoms with E-state index in [9.17, 15) is 0 Å². The molecule has 1 heterocycles. The lowest BCUT2D eigenvalue weighted by molar-refractivity contribution is -0.112. The predicted octanol–water partition coefficient (Wildman–Crippen LogP) is 2.65. The third-order valence-corrected chi connectivity index (χ3v) is 3.21. The van der Waals surface area contributed by atoms with Gasteiger partial charge in [0.15, 0.2) is 0 Å². The largest absolute Gasteiger partial charge is 0.464 e. The third kappa shape index (κ3) is 2.31. The van der Waals surface area contributed by atoms with Gasteiger partial charge >= 0.3 is 0 Å². The van der Waals surface area contributed by atoms with E-state index in [2.05, 4.69) is 32.9 Å². The zero-order chi connectivity index (χ0) is 12.5. The van der Waals surface area contributed by atoms with E-state index >= 15 is 0 Å². The number of fused-ring (bicyclic) bond motifs is 1. The van der Waals surface area contributed by atoms with E-state index in [0.29, 0.717) is 13.2 Å². The summed E-state index contributed by atoms with van der Waals surface area (Å²) < 4.78 is 16.6. The van der Waals surface area contributed by atoms with Crippen LogP contribution in [0.2, 0.25) is 0 Å². The minimum absolute atomic E-state index is 0.116. The van der Waals surface area contributed by atoms with E-state index in [4.69, 9.17) is 14.2 Å². The first-order valence-electron chi connectivity index (χ1n) is 5.94. The van der Waals surface area contributed by atoms with Crippen molar-refractivity contribution in [2.45, 2.75) is 32.5 Å². The van der Waals surface area contributed by atoms with E-state index < -0.39 is 0 Å². The monoisotopic (exact) mass is 236 g/mol. The zero-order valence-corrected chi connectivity index (χ0v) is 10.9. The van der Waals surface area contributed by atoms with Gasteiger partial charge in [0.2, 0.25) is 6.29 Å². The fourth-order valence-corrected chi connectivity index (χ4v) is 2.12. The highest BCUT2D eigenvalue weighted by Crippen LogP contribution is 2.43. The molecule has 1 atom stereocenters. The van der Waals surface area contributed by atoms with E-state index in [1.165, 1.54) is 11.1 Å². The summed E-state index contributed by atoms with van der Waals surface area (Å²) in [6.45, 7) is 7.53. The highest BCUT2D eigenvalue weighted by Gasteiger charge is 2.42. The van der Waals surface area contributed by atoms with Crippen molar-refractivity contribution in [3.05, 3.63) is 29.3 Å². The van der Waals surface area contributed by atoms with Gasteiger partial charge in [-0.2, -0.15) is 0 Å². The second-order valence-corrected chi connectivity index (χ2v) is 5.03. The molecular formula is C14H20O3. The molecule has 0 saturated heterocycles. The maximum absolute atomic E-state index is 5.85. The maximum Gasteiger partial charge on any atom is 0.209 e. The molecule has 2 rings (SSSR count). The molecule has 0 saturated carbocycles. The van der Waals surface area contributed by atoms with Crippen LogP contribution in [0.4, 0.5) is 0 Å². The molecule has 0 radical (unpaired) electrons. The Morgan fingerprint density at radius 1 is 1.29 bits per heavy atom. The van der Waals surface area contributed by atoms with E-state index in [1.54, 1.807) is 7.11 Å². The minimum Gasteiger partial charge on any atom is -0.464 e. The van der Waals surface area contributed by atoms with Crippen molar-refractivity contribution in [3.63, 3.8) is 0 Å². The topological polar surface area (TPSA) is 27.7 Å². The summed E-state index contributed by atoms with van der Waals surface area (Å²) in [6, 6.07) is 6.26. The van der Waals surface area contributed by atoms with E-state index in [0.717, 1.165) is 5.75 Å². The lowest BCUT2D eigenvalue weighted by Crippen LogP contribution is -2.35. The summed E-state index contributed by atoms with van der Waals surface area (Å²) >= 11 is 0. The number of ether oxygens (including phenoxy) is 3. The molecule has 1 aliphatic rings. The van der Waals surface area contributed by atoms with Gasteiger partial charge in [-0.25, -0.2) is 0 Å². The molecule has 3 nitrogen and oxygen atoms in total. The van der Waals surface area contributed by atoms with Gasteiger partial charge in [0.05, 0.1) is 18.6 Å². The number of methoxy groups -OCH3 is 1. The van der Waals surface area contributed by atoms with Gasteiger partial charge in [0.25, 0.3) is 0 Å². The molecule has 0 bridgehead atoms. The molecule has 0 N–H and O–H groups in total. The second-order valence-electron chi connectivity index (χ2n) is 5.03. The number of aryl methyl sites for hydroxylation is 1. The van der Waals surface area contributed by atoms with Crippen molar-refractivity contribution in [1.82, 2.24) is 0 Å². The Kier molecular flexibility index (Phi) is 3.40. The standard InChI is InChI=1S/C14H20O3/c1-10-5-6-12-11(9-10)14(2,3)13(17-12)16-8-7-15-4/h5-6,9,13H,7-8H2,1-4H3. The molecule has 0 aromatic heterocycles. The summed E-state index contributed by atoms with van der Waals surface area (Å²) in [5.74, 6) is 0.933. The molecule has 94 valence electrons. The first kappa shape index (κ1) is 12.4. The maximum atomic E-state index is 5.85. The predicted molar refractivity (Wildman–Crippen MR) is 66.4 cm³/mol. The minimum atomic E-state index is -0.227. The Balaban J connectivity index is 2.15. The second kappa shape index (κ2) is 4.67. The molecule has 0 fully saturated rings. The SMILES string of the molecule is COCCOC1Oc2ccc(C)cc2C1(C)C. The molecular weight excluding hydrogens is 216 g/mol. The normalized spacial score (nSPS) is 21.1. The Morgan fingerprint density at radius 3 is 2.76 bits per heavy atom. The number of rotatable bonds is 4. The van der Waals surface area contributed by atoms with Crippen molar-refractivity contribution < 1.29 is 14.2 Å². The zero-order valence-electron chi connectivity index (χ0n) is 10.9. The van der Waals surface area contributed by atoms with Crippen LogP contribution in [-0.2, 0) is 14.9 Å². The summed E-state index contributed by atoms with van der Waals surface area (Å²) in [6.07, 6.45) is -0.227. The van der Waals surface area contributed by atoms with Crippen LogP contribution < -0.4 is 4.74 Å². The van der Waals surface area contributed by atoms with Crippen LogP contribution in [-0.4, -0.2) is 26.6 Å². The van der Waals surface area contributed by atoms with Gasteiger partial charge in [-0.05, 0) is 26.8 Å². The number of hydrogen-bond acceptors (Lipinski definition) is 3. The molecule has 1 unspecified atom stereocenters. The molecule has 1 aromatic rings. The Hall–Kier alpha value is -1.06. The smallest absolute Gasteiger partial charge is 0.209 e. The first-order chi connectivity index (χ1) is 8.05. The van der Waals surface area contributed by atoms with Crippen molar-refractivity contribution in [2.24, 2.45) is 0 Å². The summed E-state index contributed by atoms with van der Waals surface area (Å²) in [5, 5.41) is 0. The molecule has 0 aliphatic carbocycles. The molecule has 17 heavy (non-hydrogen) atoms. The lowest BCUT2D eigenvalue weighted by atomic mass is 9.85. The van der Waals surface area contributed by atoms with Crippen molar-refractivity contribution in [2.75, 3.05) is 20.3 Å². The van der Waals surface area contributed by atoms with Crippen molar-refractivity contribution >= 4 is 0 Å². The Bertz CT molecular complexity index is 398. The van der Waals surface area contributed by atoms with Gasteiger partial charge in [0.1, 0.15) is 5.75 Å². The van der Waals surface area contributed by atoms with Gasteiger partial charge in [0, 0.05) is 12.7 Å². The summed E-state index contributed by atoms with van der Waals surface area (Å²) in [5.41, 5.74) is 2.35. The molecule has 0 spiro atoms. The summed E-state index contributed by atoms with van der Waals surface area (Å²) in [7, 11) is 1.67. The highest BCUT2D eigenvalue weighted by atomic mass is 16.7. The average Bonchev–Trinajstić information content (AvgIpc) is 2.52. The Labute approximate surface area is 103 Å². The van der Waals surface area contributed by atoms with Crippen LogP contribution >= 0.6 is 0 Å². The molecule has 3 heteroatoms. The summed E-state index contributed by atoms with van der Waals surface area (Å²) in [4.78, 5) is 0. The van der Waals surface area contributed by atoms with Gasteiger partial charge in [-0.15, -0.1) is 0 Å². The van der Waals surface area contributed by atoms with E-state index in [1.807, 2.05) is 6.07 Å². The van der Waals surface area contributed by atoms with Gasteiger partial charge in [-0.3, -0.25) is 0 Å². The van der Waals surface area contributed by atoms with Crippen molar-refractivity contribution in [3.8, 4) is 5.75 Å². The Morgan fingerprint density at radius 2 is 2.06 bits per heavy atom. The van der Waals surface area contributed by atoms with Crippen LogP contribution in [0, 0.1) is 6.92 Å². The number of hydrogen-bond donors (Lipinski definition) is 0. The number of benzene rings is 1. The third-order valence-electron chi connectivity index (χ3n) is 3.21. The molecule has 0 amide bonds. The van der Waals surface area contributed by atoms with Crippen LogP contribution in [0.5, 0.6) is 5.75 Å². The molecule has 1 aliphatic heterocycles. The van der Waals surface area contributed by atoms with Gasteiger partial charge < -0.3 is 14.2 Å². The van der Waals surface area contributed by atoms with Crippen LogP contribution in [0.3, 0.4) is 0 Å². The lowest BCUT2D eigenvalue weighted by Gasteiger charge is -2.25. The van der Waals surface area contributed by atoms with Crippen molar-refractivity contribution in [1.29, 1.82) is 0 Å².